The van der Waals surface area contributed by atoms with Gasteiger partial charge in [-0.05, 0) is 87.0 Å². The van der Waals surface area contributed by atoms with Crippen molar-refractivity contribution in [2.45, 2.75) is 5.92 Å². The highest BCUT2D eigenvalue weighted by atomic mass is 16.3. The van der Waals surface area contributed by atoms with E-state index in [2.05, 4.69) is 174 Å². The van der Waals surface area contributed by atoms with Crippen molar-refractivity contribution in [1.82, 2.24) is 4.57 Å². The normalized spacial score (nSPS) is 12.6. The molecule has 0 unspecified atom stereocenters. The van der Waals surface area contributed by atoms with Crippen LogP contribution in [0.2, 0.25) is 0 Å². The smallest absolute Gasteiger partial charge is 0.143 e. The molecule has 0 amide bonds. The molecule has 0 bridgehead atoms. The fourth-order valence-electron chi connectivity index (χ4n) is 8.63. The molecule has 0 radical (unpaired) electrons. The third kappa shape index (κ3) is 4.23. The van der Waals surface area contributed by atoms with Crippen LogP contribution >= 0.6 is 0 Å². The van der Waals surface area contributed by atoms with Crippen molar-refractivity contribution in [1.29, 1.82) is 0 Å². The Bertz CT molecular complexity index is 2950. The third-order valence-corrected chi connectivity index (χ3v) is 10.9. The molecule has 2 aromatic heterocycles. The van der Waals surface area contributed by atoms with Gasteiger partial charge >= 0.3 is 0 Å². The molecular formula is C49H31NO. The van der Waals surface area contributed by atoms with E-state index in [0.717, 1.165) is 38.8 Å². The lowest BCUT2D eigenvalue weighted by atomic mass is 9.88. The molecule has 0 N–H and O–H groups in total. The molecule has 0 fully saturated rings. The van der Waals surface area contributed by atoms with E-state index in [4.69, 9.17) is 4.42 Å². The van der Waals surface area contributed by atoms with Gasteiger partial charge in [0.05, 0.1) is 11.0 Å². The molecule has 0 aliphatic heterocycles. The Morgan fingerprint density at radius 3 is 1.84 bits per heavy atom. The second kappa shape index (κ2) is 10.9. The van der Waals surface area contributed by atoms with Crippen molar-refractivity contribution in [3.05, 3.63) is 199 Å². The zero-order valence-corrected chi connectivity index (χ0v) is 27.8. The summed E-state index contributed by atoms with van der Waals surface area (Å²) in [6, 6.07) is 66.2. The summed E-state index contributed by atoms with van der Waals surface area (Å²) in [5.74, 6) is 0.213. The van der Waals surface area contributed by atoms with Crippen LogP contribution in [0.4, 0.5) is 0 Å². The third-order valence-electron chi connectivity index (χ3n) is 10.9. The van der Waals surface area contributed by atoms with Gasteiger partial charge in [0.15, 0.2) is 0 Å². The molecule has 0 saturated heterocycles. The minimum Gasteiger partial charge on any atom is -0.455 e. The summed E-state index contributed by atoms with van der Waals surface area (Å²) in [5.41, 5.74) is 16.8. The molecule has 11 rings (SSSR count). The van der Waals surface area contributed by atoms with Gasteiger partial charge < -0.3 is 8.98 Å². The van der Waals surface area contributed by atoms with Gasteiger partial charge in [-0.25, -0.2) is 0 Å². The summed E-state index contributed by atoms with van der Waals surface area (Å²) >= 11 is 0. The van der Waals surface area contributed by atoms with E-state index in [1.54, 1.807) is 0 Å². The first kappa shape index (κ1) is 28.2. The number of furan rings is 1. The second-order valence-corrected chi connectivity index (χ2v) is 13.6. The topological polar surface area (TPSA) is 18.1 Å². The molecule has 2 heterocycles. The van der Waals surface area contributed by atoms with Crippen LogP contribution < -0.4 is 0 Å². The van der Waals surface area contributed by atoms with E-state index in [1.165, 1.54) is 60.8 Å². The molecule has 1 aliphatic rings. The molecule has 1 aliphatic carbocycles. The molecule has 238 valence electrons. The van der Waals surface area contributed by atoms with E-state index in [9.17, 15) is 0 Å². The molecular weight excluding hydrogens is 619 g/mol. The van der Waals surface area contributed by atoms with Gasteiger partial charge in [0, 0.05) is 38.7 Å². The Labute approximate surface area is 295 Å². The lowest BCUT2D eigenvalue weighted by Gasteiger charge is -2.15. The van der Waals surface area contributed by atoms with Gasteiger partial charge in [-0.15, -0.1) is 0 Å². The quantitative estimate of drug-likeness (QED) is 0.186. The number of fused-ring (bicyclic) bond motifs is 9. The maximum atomic E-state index is 6.41. The van der Waals surface area contributed by atoms with Crippen molar-refractivity contribution in [3.8, 4) is 39.1 Å². The van der Waals surface area contributed by atoms with E-state index >= 15 is 0 Å². The average molecular weight is 650 g/mol. The van der Waals surface area contributed by atoms with E-state index in [-0.39, 0.29) is 5.92 Å². The summed E-state index contributed by atoms with van der Waals surface area (Å²) in [4.78, 5) is 0. The summed E-state index contributed by atoms with van der Waals surface area (Å²) in [5, 5.41) is 4.83. The predicted molar refractivity (Wildman–Crippen MR) is 212 cm³/mol. The molecule has 2 heteroatoms. The Hall–Kier alpha value is -6.64. The summed E-state index contributed by atoms with van der Waals surface area (Å²) in [6.45, 7) is 0. The highest BCUT2D eigenvalue weighted by Crippen LogP contribution is 2.49. The number of hydrogen-bond donors (Lipinski definition) is 0. The number of nitrogens with zero attached hydrogens (tertiary/aromatic N) is 1. The Morgan fingerprint density at radius 2 is 1.00 bits per heavy atom. The van der Waals surface area contributed by atoms with E-state index < -0.39 is 0 Å². The van der Waals surface area contributed by atoms with Crippen LogP contribution in [0, 0.1) is 0 Å². The minimum absolute atomic E-state index is 0.213. The Kier molecular flexibility index (Phi) is 6.05. The largest absolute Gasteiger partial charge is 0.455 e. The molecule has 0 spiro atoms. The standard InChI is InChI=1S/C49H31NO/c1-3-20-41-37(16-1)38-17-2-4-21-42(38)48(41)34-26-27-46-44(30-34)39-18-5-7-24-45(39)50(46)35-15-10-13-32(29-35)31-12-9-14-33(28-31)36-22-11-23-43-40-19-6-8-25-47(40)51-49(36)43/h1-30,48H. The van der Waals surface area contributed by atoms with Gasteiger partial charge in [-0.3, -0.25) is 0 Å². The van der Waals surface area contributed by atoms with Crippen molar-refractivity contribution in [2.75, 3.05) is 0 Å². The number of para-hydroxylation sites is 3. The van der Waals surface area contributed by atoms with Crippen molar-refractivity contribution >= 4 is 43.7 Å². The monoisotopic (exact) mass is 649 g/mol. The number of benzene rings is 8. The average Bonchev–Trinajstić information content (AvgIpc) is 3.86. The molecule has 2 nitrogen and oxygen atoms in total. The summed E-state index contributed by atoms with van der Waals surface area (Å²) in [7, 11) is 0. The van der Waals surface area contributed by atoms with Crippen LogP contribution in [0.5, 0.6) is 0 Å². The first-order valence-corrected chi connectivity index (χ1v) is 17.6. The second-order valence-electron chi connectivity index (χ2n) is 13.6. The highest BCUT2D eigenvalue weighted by Gasteiger charge is 2.30. The van der Waals surface area contributed by atoms with Crippen LogP contribution in [0.1, 0.15) is 22.6 Å². The van der Waals surface area contributed by atoms with Crippen LogP contribution in [0.3, 0.4) is 0 Å². The number of rotatable bonds is 4. The Balaban J connectivity index is 1.04. The fraction of sp³-hybridized carbons (Fsp3) is 0.0204. The fourth-order valence-corrected chi connectivity index (χ4v) is 8.63. The number of aromatic nitrogens is 1. The van der Waals surface area contributed by atoms with Crippen LogP contribution in [-0.2, 0) is 0 Å². The van der Waals surface area contributed by atoms with Crippen molar-refractivity contribution in [3.63, 3.8) is 0 Å². The van der Waals surface area contributed by atoms with Crippen LogP contribution in [-0.4, -0.2) is 4.57 Å². The number of hydrogen-bond acceptors (Lipinski definition) is 1. The predicted octanol–water partition coefficient (Wildman–Crippen LogP) is 13.2. The molecule has 0 atom stereocenters. The molecule has 51 heavy (non-hydrogen) atoms. The van der Waals surface area contributed by atoms with Crippen molar-refractivity contribution < 1.29 is 4.42 Å². The first-order valence-electron chi connectivity index (χ1n) is 17.6. The molecule has 0 saturated carbocycles. The summed E-state index contributed by atoms with van der Waals surface area (Å²) < 4.78 is 8.83. The van der Waals surface area contributed by atoms with Gasteiger partial charge in [0.1, 0.15) is 11.2 Å². The van der Waals surface area contributed by atoms with Gasteiger partial charge in [-0.2, -0.15) is 0 Å². The highest BCUT2D eigenvalue weighted by molar-refractivity contribution is 6.11. The van der Waals surface area contributed by atoms with Crippen LogP contribution in [0.25, 0.3) is 82.8 Å². The maximum absolute atomic E-state index is 6.41. The van der Waals surface area contributed by atoms with Gasteiger partial charge in [-0.1, -0.05) is 140 Å². The lowest BCUT2D eigenvalue weighted by Crippen LogP contribution is -1.99. The SMILES string of the molecule is c1cc(-c2cccc(-n3c4ccccc4c4cc(C5c6ccccc6-c6ccccc65)ccc43)c2)cc(-c2cccc3c2oc2ccccc23)c1. The minimum atomic E-state index is 0.213. The maximum Gasteiger partial charge on any atom is 0.143 e. The van der Waals surface area contributed by atoms with E-state index in [1.807, 2.05) is 12.1 Å². The molecule has 10 aromatic rings. The lowest BCUT2D eigenvalue weighted by molar-refractivity contribution is 0.670. The first-order chi connectivity index (χ1) is 25.3. The summed E-state index contributed by atoms with van der Waals surface area (Å²) in [6.07, 6.45) is 0. The van der Waals surface area contributed by atoms with E-state index in [0.29, 0.717) is 0 Å². The van der Waals surface area contributed by atoms with Crippen molar-refractivity contribution in [2.24, 2.45) is 0 Å². The van der Waals surface area contributed by atoms with Gasteiger partial charge in [0.2, 0.25) is 0 Å². The van der Waals surface area contributed by atoms with Crippen LogP contribution in [0.15, 0.2) is 186 Å². The molecule has 8 aromatic carbocycles. The zero-order chi connectivity index (χ0) is 33.5. The zero-order valence-electron chi connectivity index (χ0n) is 27.8. The Morgan fingerprint density at radius 1 is 0.392 bits per heavy atom. The van der Waals surface area contributed by atoms with Gasteiger partial charge in [0.25, 0.3) is 0 Å².